The van der Waals surface area contributed by atoms with E-state index in [1.165, 1.54) is 12.1 Å². The highest BCUT2D eigenvalue weighted by Gasteiger charge is 2.10. The molecule has 1 amide bonds. The molecule has 2 aromatic rings. The average Bonchev–Trinajstić information content (AvgIpc) is 2.55. The third-order valence-corrected chi connectivity index (χ3v) is 3.85. The van der Waals surface area contributed by atoms with Crippen molar-refractivity contribution in [1.82, 2.24) is 5.43 Å². The van der Waals surface area contributed by atoms with Crippen LogP contribution in [-0.4, -0.2) is 28.8 Å². The number of benzene rings is 2. The van der Waals surface area contributed by atoms with Crippen molar-refractivity contribution >= 4 is 33.7 Å². The summed E-state index contributed by atoms with van der Waals surface area (Å²) < 4.78 is 6.44. The summed E-state index contributed by atoms with van der Waals surface area (Å²) in [5.74, 6) is -0.0810. The van der Waals surface area contributed by atoms with Gasteiger partial charge in [0.1, 0.15) is 11.5 Å². The van der Waals surface area contributed by atoms with Gasteiger partial charge in [0.2, 0.25) is 0 Å². The number of nitrogens with zero attached hydrogens (tertiary/aromatic N) is 2. The number of nitro groups is 1. The minimum absolute atomic E-state index is 0.111. The first kappa shape index (κ1) is 19.4. The molecule has 0 atom stereocenters. The van der Waals surface area contributed by atoms with E-state index >= 15 is 0 Å². The van der Waals surface area contributed by atoms with Crippen molar-refractivity contribution in [2.24, 2.45) is 5.10 Å². The first-order chi connectivity index (χ1) is 12.3. The smallest absolute Gasteiger partial charge is 0.277 e. The molecule has 0 spiro atoms. The second kappa shape index (κ2) is 8.43. The number of carbonyl (C=O) groups excluding carboxylic acids is 1. The summed E-state index contributed by atoms with van der Waals surface area (Å²) in [7, 11) is 0. The lowest BCUT2D eigenvalue weighted by Gasteiger charge is -2.11. The molecule has 8 nitrogen and oxygen atoms in total. The van der Waals surface area contributed by atoms with E-state index in [4.69, 9.17) is 4.74 Å². The van der Waals surface area contributed by atoms with Crippen molar-refractivity contribution in [3.63, 3.8) is 0 Å². The Morgan fingerprint density at radius 1 is 1.35 bits per heavy atom. The maximum absolute atomic E-state index is 11.8. The number of nitro benzene ring substituents is 1. The number of aromatic hydroxyl groups is 1. The predicted octanol–water partition coefficient (Wildman–Crippen LogP) is 3.21. The number of phenols is 1. The number of rotatable bonds is 6. The fraction of sp³-hybridized carbons (Fsp3) is 0.176. The topological polar surface area (TPSA) is 114 Å². The van der Waals surface area contributed by atoms with Gasteiger partial charge in [-0.15, -0.1) is 0 Å². The minimum Gasteiger partial charge on any atom is -0.507 e. The molecule has 0 saturated carbocycles. The number of hydrogen-bond donors (Lipinski definition) is 2. The van der Waals surface area contributed by atoms with E-state index in [0.29, 0.717) is 5.75 Å². The van der Waals surface area contributed by atoms with Crippen LogP contribution in [-0.2, 0) is 4.79 Å². The Bertz CT molecular complexity index is 860. The van der Waals surface area contributed by atoms with Gasteiger partial charge in [-0.2, -0.15) is 5.10 Å². The maximum Gasteiger partial charge on any atom is 0.277 e. The van der Waals surface area contributed by atoms with Crippen LogP contribution in [0.3, 0.4) is 0 Å². The predicted molar refractivity (Wildman–Crippen MR) is 99.6 cm³/mol. The summed E-state index contributed by atoms with van der Waals surface area (Å²) in [6, 6.07) is 7.26. The normalized spacial score (nSPS) is 10.7. The van der Waals surface area contributed by atoms with Crippen LogP contribution in [0, 0.1) is 24.0 Å². The molecule has 0 saturated heterocycles. The van der Waals surface area contributed by atoms with Crippen LogP contribution < -0.4 is 10.2 Å². The number of hydrazone groups is 1. The number of ether oxygens (including phenoxy) is 1. The Hall–Kier alpha value is -2.94. The highest BCUT2D eigenvalue weighted by molar-refractivity contribution is 9.10. The van der Waals surface area contributed by atoms with Crippen LogP contribution in [0.25, 0.3) is 0 Å². The first-order valence-electron chi connectivity index (χ1n) is 7.47. The van der Waals surface area contributed by atoms with E-state index in [2.05, 4.69) is 26.5 Å². The Kier molecular flexibility index (Phi) is 6.29. The molecule has 2 N–H and O–H groups in total. The van der Waals surface area contributed by atoms with E-state index in [1.54, 1.807) is 0 Å². The second-order valence-electron chi connectivity index (χ2n) is 5.45. The molecule has 0 bridgehead atoms. The van der Waals surface area contributed by atoms with Gasteiger partial charge in [0, 0.05) is 22.2 Å². The Labute approximate surface area is 157 Å². The summed E-state index contributed by atoms with van der Waals surface area (Å²) in [6.07, 6.45) is 1.12. The monoisotopic (exact) mass is 421 g/mol. The lowest BCUT2D eigenvalue weighted by Crippen LogP contribution is -2.25. The third-order valence-electron chi connectivity index (χ3n) is 3.39. The molecule has 0 aliphatic rings. The summed E-state index contributed by atoms with van der Waals surface area (Å²) in [6.45, 7) is 3.49. The number of phenolic OH excluding ortho intramolecular Hbond substituents is 1. The fourth-order valence-corrected chi connectivity index (χ4v) is 2.91. The molecule has 0 aliphatic heterocycles. The number of non-ortho nitro benzene ring substituents is 1. The van der Waals surface area contributed by atoms with E-state index in [1.807, 2.05) is 26.0 Å². The second-order valence-corrected chi connectivity index (χ2v) is 6.37. The standard InChI is InChI=1S/C17H16BrN3O5/c1-10-5-13(18)6-11(2)17(10)26-9-16(23)20-19-8-12-7-14(21(24)25)3-4-15(12)22/h3-8,22H,9H2,1-2H3,(H,20,23)/b19-8+. The van der Waals surface area contributed by atoms with E-state index in [0.717, 1.165) is 27.9 Å². The Morgan fingerprint density at radius 2 is 2.00 bits per heavy atom. The maximum atomic E-state index is 11.8. The molecule has 0 unspecified atom stereocenters. The lowest BCUT2D eigenvalue weighted by molar-refractivity contribution is -0.384. The van der Waals surface area contributed by atoms with Crippen molar-refractivity contribution in [3.05, 3.63) is 61.6 Å². The molecule has 2 rings (SSSR count). The molecular formula is C17H16BrN3O5. The zero-order valence-corrected chi connectivity index (χ0v) is 15.6. The van der Waals surface area contributed by atoms with E-state index in [-0.39, 0.29) is 23.6 Å². The quantitative estimate of drug-likeness (QED) is 0.422. The van der Waals surface area contributed by atoms with Gasteiger partial charge in [0.25, 0.3) is 11.6 Å². The van der Waals surface area contributed by atoms with Crippen molar-refractivity contribution in [1.29, 1.82) is 0 Å². The van der Waals surface area contributed by atoms with Crippen LogP contribution in [0.1, 0.15) is 16.7 Å². The minimum atomic E-state index is -0.591. The highest BCUT2D eigenvalue weighted by atomic mass is 79.9. The van der Waals surface area contributed by atoms with Crippen LogP contribution in [0.2, 0.25) is 0 Å². The molecule has 0 aliphatic carbocycles. The van der Waals surface area contributed by atoms with Crippen molar-refractivity contribution in [2.45, 2.75) is 13.8 Å². The fourth-order valence-electron chi connectivity index (χ4n) is 2.23. The number of carbonyl (C=O) groups is 1. The number of amides is 1. The van der Waals surface area contributed by atoms with Crippen LogP contribution in [0.5, 0.6) is 11.5 Å². The Morgan fingerprint density at radius 3 is 2.62 bits per heavy atom. The van der Waals surface area contributed by atoms with Gasteiger partial charge in [-0.1, -0.05) is 15.9 Å². The third kappa shape index (κ3) is 5.03. The first-order valence-corrected chi connectivity index (χ1v) is 8.26. The Balaban J connectivity index is 1.96. The summed E-state index contributed by atoms with van der Waals surface area (Å²) in [5.41, 5.74) is 3.93. The summed E-state index contributed by atoms with van der Waals surface area (Å²) in [4.78, 5) is 22.0. The summed E-state index contributed by atoms with van der Waals surface area (Å²) >= 11 is 3.39. The molecule has 0 radical (unpaired) electrons. The van der Waals surface area contributed by atoms with E-state index < -0.39 is 10.8 Å². The average molecular weight is 422 g/mol. The highest BCUT2D eigenvalue weighted by Crippen LogP contribution is 2.27. The number of aryl methyl sites for hydroxylation is 2. The SMILES string of the molecule is Cc1cc(Br)cc(C)c1OCC(=O)N/N=C/c1cc([N+](=O)[O-])ccc1O. The van der Waals surface area contributed by atoms with Crippen LogP contribution in [0.15, 0.2) is 39.9 Å². The van der Waals surface area contributed by atoms with Gasteiger partial charge in [0.15, 0.2) is 6.61 Å². The zero-order chi connectivity index (χ0) is 19.3. The van der Waals surface area contributed by atoms with Gasteiger partial charge >= 0.3 is 0 Å². The van der Waals surface area contributed by atoms with Crippen molar-refractivity contribution in [2.75, 3.05) is 6.61 Å². The molecule has 0 heterocycles. The van der Waals surface area contributed by atoms with Gasteiger partial charge in [-0.25, -0.2) is 5.43 Å². The van der Waals surface area contributed by atoms with Gasteiger partial charge in [0.05, 0.1) is 11.1 Å². The lowest BCUT2D eigenvalue weighted by atomic mass is 10.1. The summed E-state index contributed by atoms with van der Waals surface area (Å²) in [5, 5.41) is 24.1. The molecule has 9 heteroatoms. The number of halogens is 1. The van der Waals surface area contributed by atoms with Crippen molar-refractivity contribution in [3.8, 4) is 11.5 Å². The van der Waals surface area contributed by atoms with Crippen molar-refractivity contribution < 1.29 is 19.6 Å². The van der Waals surface area contributed by atoms with Gasteiger partial charge < -0.3 is 9.84 Å². The largest absolute Gasteiger partial charge is 0.507 e. The molecule has 0 aromatic heterocycles. The van der Waals surface area contributed by atoms with Gasteiger partial charge in [-0.05, 0) is 43.2 Å². The van der Waals surface area contributed by atoms with Gasteiger partial charge in [-0.3, -0.25) is 14.9 Å². The molecule has 26 heavy (non-hydrogen) atoms. The van der Waals surface area contributed by atoms with Crippen LogP contribution in [0.4, 0.5) is 5.69 Å². The van der Waals surface area contributed by atoms with E-state index in [9.17, 15) is 20.0 Å². The molecule has 2 aromatic carbocycles. The zero-order valence-electron chi connectivity index (χ0n) is 14.0. The number of nitrogens with one attached hydrogen (secondary N) is 1. The molecule has 136 valence electrons. The van der Waals surface area contributed by atoms with Crippen LogP contribution >= 0.6 is 15.9 Å². The molecular weight excluding hydrogens is 406 g/mol. The number of hydrogen-bond acceptors (Lipinski definition) is 6. The molecule has 0 fully saturated rings.